The van der Waals surface area contributed by atoms with Gasteiger partial charge in [-0.05, 0) is 45.0 Å². The fourth-order valence-corrected chi connectivity index (χ4v) is 2.15. The zero-order valence-electron chi connectivity index (χ0n) is 11.3. The van der Waals surface area contributed by atoms with Crippen LogP contribution >= 0.6 is 0 Å². The van der Waals surface area contributed by atoms with Gasteiger partial charge in [-0.25, -0.2) is 0 Å². The summed E-state index contributed by atoms with van der Waals surface area (Å²) in [6, 6.07) is 6.14. The number of aromatic nitrogens is 2. The minimum absolute atomic E-state index is 0.0844. The lowest BCUT2D eigenvalue weighted by atomic mass is 10.1. The molecule has 0 aliphatic heterocycles. The number of rotatable bonds is 6. The maximum Gasteiger partial charge on any atom is 0.126 e. The smallest absolute Gasteiger partial charge is 0.126 e. The molecule has 0 saturated heterocycles. The molecule has 2 aromatic heterocycles. The minimum Gasteiger partial charge on any atom is -0.467 e. The lowest BCUT2D eigenvalue weighted by Gasteiger charge is -2.17. The van der Waals surface area contributed by atoms with Crippen molar-refractivity contribution in [3.8, 4) is 0 Å². The first kappa shape index (κ1) is 12.9. The van der Waals surface area contributed by atoms with Crippen LogP contribution in [0.2, 0.25) is 0 Å². The Hall–Kier alpha value is -1.55. The molecule has 0 aromatic carbocycles. The van der Waals surface area contributed by atoms with Crippen molar-refractivity contribution >= 4 is 0 Å². The SMILES string of the molecule is CCCNC(c1ccco1)c1cc(C)nn1CC. The van der Waals surface area contributed by atoms with E-state index < -0.39 is 0 Å². The van der Waals surface area contributed by atoms with Crippen LogP contribution in [0, 0.1) is 6.92 Å². The van der Waals surface area contributed by atoms with Gasteiger partial charge >= 0.3 is 0 Å². The van der Waals surface area contributed by atoms with Gasteiger partial charge in [0, 0.05) is 6.54 Å². The van der Waals surface area contributed by atoms with Gasteiger partial charge in [0.1, 0.15) is 11.8 Å². The monoisotopic (exact) mass is 247 g/mol. The van der Waals surface area contributed by atoms with Crippen LogP contribution < -0.4 is 5.32 Å². The molecule has 2 rings (SSSR count). The highest BCUT2D eigenvalue weighted by Gasteiger charge is 2.20. The summed E-state index contributed by atoms with van der Waals surface area (Å²) in [5.41, 5.74) is 2.21. The van der Waals surface area contributed by atoms with Crippen LogP contribution in [0.3, 0.4) is 0 Å². The Labute approximate surface area is 108 Å². The van der Waals surface area contributed by atoms with Gasteiger partial charge in [-0.15, -0.1) is 0 Å². The number of hydrogen-bond donors (Lipinski definition) is 1. The Morgan fingerprint density at radius 1 is 1.44 bits per heavy atom. The maximum absolute atomic E-state index is 5.55. The fourth-order valence-electron chi connectivity index (χ4n) is 2.15. The zero-order valence-corrected chi connectivity index (χ0v) is 11.3. The molecule has 4 heteroatoms. The molecular weight excluding hydrogens is 226 g/mol. The number of hydrogen-bond acceptors (Lipinski definition) is 3. The third-order valence-electron chi connectivity index (χ3n) is 2.95. The van der Waals surface area contributed by atoms with E-state index in [1.165, 1.54) is 5.69 Å². The molecule has 0 amide bonds. The van der Waals surface area contributed by atoms with Gasteiger partial charge in [0.25, 0.3) is 0 Å². The van der Waals surface area contributed by atoms with Crippen LogP contribution in [0.4, 0.5) is 0 Å². The molecule has 0 fully saturated rings. The summed E-state index contributed by atoms with van der Waals surface area (Å²) < 4.78 is 7.59. The lowest BCUT2D eigenvalue weighted by Crippen LogP contribution is -2.25. The molecule has 1 atom stereocenters. The number of furan rings is 1. The van der Waals surface area contributed by atoms with Crippen molar-refractivity contribution in [1.29, 1.82) is 0 Å². The molecule has 1 unspecified atom stereocenters. The number of nitrogens with one attached hydrogen (secondary N) is 1. The molecule has 18 heavy (non-hydrogen) atoms. The van der Waals surface area contributed by atoms with Crippen LogP contribution in [0.5, 0.6) is 0 Å². The topological polar surface area (TPSA) is 43.0 Å². The molecular formula is C14H21N3O. The molecule has 0 aliphatic carbocycles. The van der Waals surface area contributed by atoms with Crippen LogP contribution in [-0.4, -0.2) is 16.3 Å². The second kappa shape index (κ2) is 5.87. The average molecular weight is 247 g/mol. The van der Waals surface area contributed by atoms with E-state index in [-0.39, 0.29) is 6.04 Å². The zero-order chi connectivity index (χ0) is 13.0. The molecule has 2 heterocycles. The van der Waals surface area contributed by atoms with E-state index in [2.05, 4.69) is 30.3 Å². The van der Waals surface area contributed by atoms with Crippen LogP contribution in [-0.2, 0) is 6.54 Å². The Balaban J connectivity index is 2.33. The van der Waals surface area contributed by atoms with E-state index >= 15 is 0 Å². The van der Waals surface area contributed by atoms with Gasteiger partial charge in [-0.2, -0.15) is 5.10 Å². The van der Waals surface area contributed by atoms with Crippen molar-refractivity contribution in [1.82, 2.24) is 15.1 Å². The molecule has 0 saturated carbocycles. The molecule has 2 aromatic rings. The molecule has 0 aliphatic rings. The molecule has 1 N–H and O–H groups in total. The van der Waals surface area contributed by atoms with Gasteiger partial charge in [-0.1, -0.05) is 6.92 Å². The van der Waals surface area contributed by atoms with E-state index in [9.17, 15) is 0 Å². The Morgan fingerprint density at radius 2 is 2.28 bits per heavy atom. The third-order valence-corrected chi connectivity index (χ3v) is 2.95. The predicted octanol–water partition coefficient (Wildman–Crippen LogP) is 2.89. The maximum atomic E-state index is 5.55. The van der Waals surface area contributed by atoms with Gasteiger partial charge in [0.05, 0.1) is 17.7 Å². The Kier molecular flexibility index (Phi) is 4.20. The van der Waals surface area contributed by atoms with E-state index in [0.717, 1.165) is 31.0 Å². The summed E-state index contributed by atoms with van der Waals surface area (Å²) in [5, 5.41) is 8.02. The number of nitrogens with zero attached hydrogens (tertiary/aromatic N) is 2. The van der Waals surface area contributed by atoms with Crippen LogP contribution in [0.15, 0.2) is 28.9 Å². The van der Waals surface area contributed by atoms with Crippen molar-refractivity contribution in [2.75, 3.05) is 6.54 Å². The van der Waals surface area contributed by atoms with Crippen LogP contribution in [0.1, 0.15) is 43.5 Å². The molecule has 98 valence electrons. The summed E-state index contributed by atoms with van der Waals surface area (Å²) in [4.78, 5) is 0. The highest BCUT2D eigenvalue weighted by atomic mass is 16.3. The first-order valence-corrected chi connectivity index (χ1v) is 6.57. The van der Waals surface area contributed by atoms with Gasteiger partial charge < -0.3 is 9.73 Å². The highest BCUT2D eigenvalue weighted by Crippen LogP contribution is 2.23. The Bertz CT molecular complexity index is 473. The van der Waals surface area contributed by atoms with Gasteiger partial charge in [-0.3, -0.25) is 4.68 Å². The predicted molar refractivity (Wildman–Crippen MR) is 71.5 cm³/mol. The van der Waals surface area contributed by atoms with E-state index in [4.69, 9.17) is 4.42 Å². The molecule has 4 nitrogen and oxygen atoms in total. The van der Waals surface area contributed by atoms with Crippen LogP contribution in [0.25, 0.3) is 0 Å². The van der Waals surface area contributed by atoms with Crippen molar-refractivity contribution in [2.24, 2.45) is 0 Å². The summed E-state index contributed by atoms with van der Waals surface area (Å²) in [7, 11) is 0. The fraction of sp³-hybridized carbons (Fsp3) is 0.500. The van der Waals surface area contributed by atoms with Crippen molar-refractivity contribution < 1.29 is 4.42 Å². The summed E-state index contributed by atoms with van der Waals surface area (Å²) >= 11 is 0. The van der Waals surface area contributed by atoms with Crippen molar-refractivity contribution in [2.45, 2.75) is 39.8 Å². The summed E-state index contributed by atoms with van der Waals surface area (Å²) in [6.07, 6.45) is 2.81. The van der Waals surface area contributed by atoms with Crippen molar-refractivity contribution in [3.05, 3.63) is 41.6 Å². The first-order valence-electron chi connectivity index (χ1n) is 6.57. The van der Waals surface area contributed by atoms with Gasteiger partial charge in [0.2, 0.25) is 0 Å². The normalized spacial score (nSPS) is 12.8. The van der Waals surface area contributed by atoms with E-state index in [1.54, 1.807) is 6.26 Å². The molecule has 0 bridgehead atoms. The minimum atomic E-state index is 0.0844. The van der Waals surface area contributed by atoms with Crippen molar-refractivity contribution in [3.63, 3.8) is 0 Å². The standard InChI is InChI=1S/C14H21N3O/c1-4-8-15-14(13-7-6-9-18-13)12-10-11(3)16-17(12)5-2/h6-7,9-10,14-15H,4-5,8H2,1-3H3. The summed E-state index contributed by atoms with van der Waals surface area (Å²) in [5.74, 6) is 0.943. The molecule has 0 spiro atoms. The largest absolute Gasteiger partial charge is 0.467 e. The Morgan fingerprint density at radius 3 is 2.89 bits per heavy atom. The first-order chi connectivity index (χ1) is 8.76. The summed E-state index contributed by atoms with van der Waals surface area (Å²) in [6.45, 7) is 8.12. The average Bonchev–Trinajstić information content (AvgIpc) is 2.99. The quantitative estimate of drug-likeness (QED) is 0.853. The third kappa shape index (κ3) is 2.64. The van der Waals surface area contributed by atoms with Gasteiger partial charge in [0.15, 0.2) is 0 Å². The lowest BCUT2D eigenvalue weighted by molar-refractivity contribution is 0.427. The second-order valence-electron chi connectivity index (χ2n) is 4.43. The number of aryl methyl sites for hydroxylation is 2. The highest BCUT2D eigenvalue weighted by molar-refractivity contribution is 5.22. The van der Waals surface area contributed by atoms with E-state index in [0.29, 0.717) is 0 Å². The molecule has 0 radical (unpaired) electrons. The van der Waals surface area contributed by atoms with E-state index in [1.807, 2.05) is 23.7 Å². The second-order valence-corrected chi connectivity index (χ2v) is 4.43.